The van der Waals surface area contributed by atoms with Gasteiger partial charge in [-0.15, -0.1) is 0 Å². The molecule has 3 rings (SSSR count). The molecule has 1 aliphatic rings. The second-order valence-corrected chi connectivity index (χ2v) is 5.65. The van der Waals surface area contributed by atoms with E-state index in [1.54, 1.807) is 0 Å². The summed E-state index contributed by atoms with van der Waals surface area (Å²) in [5.74, 6) is 6.26. The third-order valence-electron chi connectivity index (χ3n) is 3.96. The standard InChI is InChI=1S/C20H19NO/c22-20(21-19-8-4-5-9-19)18-14-12-17(13-15-18)11-10-16-6-2-1-3-7-16/h1-3,6-7,12-15,19H,4-5,8-9H2,(H,21,22). The third kappa shape index (κ3) is 3.77. The van der Waals surface area contributed by atoms with Crippen LogP contribution >= 0.6 is 0 Å². The lowest BCUT2D eigenvalue weighted by Gasteiger charge is -2.11. The van der Waals surface area contributed by atoms with E-state index >= 15 is 0 Å². The number of carbonyl (C=O) groups is 1. The van der Waals surface area contributed by atoms with Crippen LogP contribution < -0.4 is 5.32 Å². The smallest absolute Gasteiger partial charge is 0.251 e. The average Bonchev–Trinajstić information content (AvgIpc) is 3.07. The van der Waals surface area contributed by atoms with Gasteiger partial charge in [0.15, 0.2) is 0 Å². The monoisotopic (exact) mass is 289 g/mol. The van der Waals surface area contributed by atoms with Gasteiger partial charge in [0, 0.05) is 22.7 Å². The van der Waals surface area contributed by atoms with Crippen LogP contribution in [-0.2, 0) is 0 Å². The molecule has 1 saturated carbocycles. The van der Waals surface area contributed by atoms with Crippen LogP contribution in [0.2, 0.25) is 0 Å². The Bertz CT molecular complexity index is 686. The summed E-state index contributed by atoms with van der Waals surface area (Å²) >= 11 is 0. The summed E-state index contributed by atoms with van der Waals surface area (Å²) in [6.07, 6.45) is 4.65. The highest BCUT2D eigenvalue weighted by Crippen LogP contribution is 2.18. The van der Waals surface area contributed by atoms with E-state index in [0.717, 1.165) is 24.0 Å². The van der Waals surface area contributed by atoms with Crippen molar-refractivity contribution in [2.45, 2.75) is 31.7 Å². The van der Waals surface area contributed by atoms with E-state index in [2.05, 4.69) is 17.2 Å². The van der Waals surface area contributed by atoms with Gasteiger partial charge in [-0.1, -0.05) is 42.9 Å². The molecule has 110 valence electrons. The summed E-state index contributed by atoms with van der Waals surface area (Å²) in [6, 6.07) is 17.7. The largest absolute Gasteiger partial charge is 0.349 e. The molecule has 0 atom stereocenters. The van der Waals surface area contributed by atoms with Gasteiger partial charge in [0.1, 0.15) is 0 Å². The molecule has 1 fully saturated rings. The molecule has 0 heterocycles. The van der Waals surface area contributed by atoms with E-state index in [1.807, 2.05) is 54.6 Å². The minimum absolute atomic E-state index is 0.0227. The maximum atomic E-state index is 12.1. The maximum absolute atomic E-state index is 12.1. The topological polar surface area (TPSA) is 29.1 Å². The predicted octanol–water partition coefficient (Wildman–Crippen LogP) is 3.76. The summed E-state index contributed by atoms with van der Waals surface area (Å²) in [5.41, 5.74) is 2.61. The molecular weight excluding hydrogens is 270 g/mol. The van der Waals surface area contributed by atoms with Crippen molar-refractivity contribution in [3.8, 4) is 11.8 Å². The minimum Gasteiger partial charge on any atom is -0.349 e. The van der Waals surface area contributed by atoms with Gasteiger partial charge in [-0.05, 0) is 49.2 Å². The van der Waals surface area contributed by atoms with Crippen molar-refractivity contribution in [1.82, 2.24) is 5.32 Å². The Balaban J connectivity index is 1.65. The maximum Gasteiger partial charge on any atom is 0.251 e. The molecule has 2 aromatic rings. The van der Waals surface area contributed by atoms with Gasteiger partial charge in [0.05, 0.1) is 0 Å². The summed E-state index contributed by atoms with van der Waals surface area (Å²) in [4.78, 5) is 12.1. The fraction of sp³-hybridized carbons (Fsp3) is 0.250. The molecule has 2 nitrogen and oxygen atoms in total. The number of carbonyl (C=O) groups excluding carboxylic acids is 1. The number of hydrogen-bond acceptors (Lipinski definition) is 1. The highest BCUT2D eigenvalue weighted by atomic mass is 16.1. The molecule has 0 radical (unpaired) electrons. The highest BCUT2D eigenvalue weighted by Gasteiger charge is 2.17. The number of benzene rings is 2. The molecule has 0 spiro atoms. The lowest BCUT2D eigenvalue weighted by atomic mass is 10.1. The first kappa shape index (κ1) is 14.4. The quantitative estimate of drug-likeness (QED) is 0.838. The van der Waals surface area contributed by atoms with E-state index in [4.69, 9.17) is 0 Å². The molecule has 22 heavy (non-hydrogen) atoms. The van der Waals surface area contributed by atoms with Crippen molar-refractivity contribution in [1.29, 1.82) is 0 Å². The predicted molar refractivity (Wildman–Crippen MR) is 88.6 cm³/mol. The lowest BCUT2D eigenvalue weighted by molar-refractivity contribution is 0.0938. The summed E-state index contributed by atoms with van der Waals surface area (Å²) < 4.78 is 0. The zero-order chi connectivity index (χ0) is 15.2. The lowest BCUT2D eigenvalue weighted by Crippen LogP contribution is -2.32. The Morgan fingerprint density at radius 2 is 1.45 bits per heavy atom. The molecule has 1 aliphatic carbocycles. The van der Waals surface area contributed by atoms with Gasteiger partial charge in [-0.25, -0.2) is 0 Å². The second-order valence-electron chi connectivity index (χ2n) is 5.65. The molecule has 0 unspecified atom stereocenters. The van der Waals surface area contributed by atoms with Gasteiger partial charge in [0.25, 0.3) is 5.91 Å². The number of rotatable bonds is 2. The fourth-order valence-corrected chi connectivity index (χ4v) is 2.71. The Hall–Kier alpha value is -2.53. The highest BCUT2D eigenvalue weighted by molar-refractivity contribution is 5.94. The van der Waals surface area contributed by atoms with Crippen molar-refractivity contribution in [3.05, 3.63) is 71.3 Å². The van der Waals surface area contributed by atoms with E-state index in [0.29, 0.717) is 11.6 Å². The van der Waals surface area contributed by atoms with Gasteiger partial charge in [-0.2, -0.15) is 0 Å². The third-order valence-corrected chi connectivity index (χ3v) is 3.96. The van der Waals surface area contributed by atoms with E-state index in [-0.39, 0.29) is 5.91 Å². The molecule has 0 saturated heterocycles. The Morgan fingerprint density at radius 1 is 0.864 bits per heavy atom. The molecule has 0 bridgehead atoms. The molecule has 1 N–H and O–H groups in total. The summed E-state index contributed by atoms with van der Waals surface area (Å²) in [7, 11) is 0. The van der Waals surface area contributed by atoms with Gasteiger partial charge in [0.2, 0.25) is 0 Å². The van der Waals surface area contributed by atoms with Crippen molar-refractivity contribution in [3.63, 3.8) is 0 Å². The Kier molecular flexibility index (Phi) is 4.56. The minimum atomic E-state index is 0.0227. The fourth-order valence-electron chi connectivity index (χ4n) is 2.71. The first-order valence-corrected chi connectivity index (χ1v) is 7.79. The molecule has 0 aliphatic heterocycles. The van der Waals surface area contributed by atoms with Crippen LogP contribution in [-0.4, -0.2) is 11.9 Å². The van der Waals surface area contributed by atoms with Crippen molar-refractivity contribution in [2.75, 3.05) is 0 Å². The van der Waals surface area contributed by atoms with Crippen LogP contribution in [0.25, 0.3) is 0 Å². The van der Waals surface area contributed by atoms with Crippen LogP contribution in [0.1, 0.15) is 47.2 Å². The van der Waals surface area contributed by atoms with Gasteiger partial charge >= 0.3 is 0 Å². The number of nitrogens with one attached hydrogen (secondary N) is 1. The van der Waals surface area contributed by atoms with E-state index < -0.39 is 0 Å². The van der Waals surface area contributed by atoms with Crippen LogP contribution in [0, 0.1) is 11.8 Å². The van der Waals surface area contributed by atoms with Gasteiger partial charge < -0.3 is 5.32 Å². The average molecular weight is 289 g/mol. The SMILES string of the molecule is O=C(NC1CCCC1)c1ccc(C#Cc2ccccc2)cc1. The molecule has 2 heteroatoms. The normalized spacial score (nSPS) is 14.2. The van der Waals surface area contributed by atoms with Crippen LogP contribution in [0.5, 0.6) is 0 Å². The zero-order valence-corrected chi connectivity index (χ0v) is 12.5. The van der Waals surface area contributed by atoms with Crippen LogP contribution in [0.3, 0.4) is 0 Å². The van der Waals surface area contributed by atoms with Crippen molar-refractivity contribution in [2.24, 2.45) is 0 Å². The van der Waals surface area contributed by atoms with E-state index in [9.17, 15) is 4.79 Å². The number of hydrogen-bond donors (Lipinski definition) is 1. The summed E-state index contributed by atoms with van der Waals surface area (Å²) in [5, 5.41) is 3.10. The van der Waals surface area contributed by atoms with E-state index in [1.165, 1.54) is 12.8 Å². The van der Waals surface area contributed by atoms with Crippen LogP contribution in [0.4, 0.5) is 0 Å². The molecule has 1 amide bonds. The Labute approximate surface area is 131 Å². The number of amides is 1. The molecule has 0 aromatic heterocycles. The molecular formula is C20H19NO. The molecule has 2 aromatic carbocycles. The van der Waals surface area contributed by atoms with Gasteiger partial charge in [-0.3, -0.25) is 4.79 Å². The van der Waals surface area contributed by atoms with Crippen LogP contribution in [0.15, 0.2) is 54.6 Å². The first-order chi connectivity index (χ1) is 10.8. The van der Waals surface area contributed by atoms with Crippen molar-refractivity contribution < 1.29 is 4.79 Å². The first-order valence-electron chi connectivity index (χ1n) is 7.79. The van der Waals surface area contributed by atoms with Crippen molar-refractivity contribution >= 4 is 5.91 Å². The summed E-state index contributed by atoms with van der Waals surface area (Å²) in [6.45, 7) is 0. The Morgan fingerprint density at radius 3 is 2.09 bits per heavy atom. The second kappa shape index (κ2) is 6.95. The zero-order valence-electron chi connectivity index (χ0n) is 12.5.